The Labute approximate surface area is 95.5 Å². The van der Waals surface area contributed by atoms with Crippen LogP contribution in [0, 0.1) is 5.92 Å². The maximum absolute atomic E-state index is 11.7. The molecule has 0 amide bonds. The van der Waals surface area contributed by atoms with E-state index in [0.29, 0.717) is 6.54 Å². The SMILES string of the molecule is CCC(C)CNS(=O)(=O)c1ccc(CO)o1. The molecule has 1 atom stereocenters. The zero-order valence-corrected chi connectivity index (χ0v) is 10.3. The molecule has 0 aliphatic rings. The molecule has 0 radical (unpaired) electrons. The van der Waals surface area contributed by atoms with Crippen LogP contribution >= 0.6 is 0 Å². The van der Waals surface area contributed by atoms with Gasteiger partial charge in [0.1, 0.15) is 12.4 Å². The van der Waals surface area contributed by atoms with E-state index in [9.17, 15) is 8.42 Å². The van der Waals surface area contributed by atoms with Gasteiger partial charge in [-0.05, 0) is 18.1 Å². The van der Waals surface area contributed by atoms with Crippen LogP contribution in [0.4, 0.5) is 0 Å². The number of furan rings is 1. The fraction of sp³-hybridized carbons (Fsp3) is 0.600. The van der Waals surface area contributed by atoms with E-state index in [0.717, 1.165) is 6.42 Å². The number of sulfonamides is 1. The van der Waals surface area contributed by atoms with E-state index in [1.54, 1.807) is 0 Å². The summed E-state index contributed by atoms with van der Waals surface area (Å²) in [6, 6.07) is 2.78. The highest BCUT2D eigenvalue weighted by molar-refractivity contribution is 7.89. The zero-order valence-electron chi connectivity index (χ0n) is 9.43. The summed E-state index contributed by atoms with van der Waals surface area (Å²) in [7, 11) is -3.58. The number of hydrogen-bond donors (Lipinski definition) is 2. The van der Waals surface area contributed by atoms with Crippen LogP contribution in [0.5, 0.6) is 0 Å². The summed E-state index contributed by atoms with van der Waals surface area (Å²) < 4.78 is 30.8. The van der Waals surface area contributed by atoms with Crippen LogP contribution in [0.25, 0.3) is 0 Å². The van der Waals surface area contributed by atoms with Crippen molar-refractivity contribution in [1.29, 1.82) is 0 Å². The molecule has 1 aromatic heterocycles. The van der Waals surface area contributed by atoms with Gasteiger partial charge in [-0.1, -0.05) is 20.3 Å². The Bertz CT molecular complexity index is 424. The van der Waals surface area contributed by atoms with Crippen LogP contribution in [0.2, 0.25) is 0 Å². The largest absolute Gasteiger partial charge is 0.446 e. The van der Waals surface area contributed by atoms with Crippen molar-refractivity contribution in [3.8, 4) is 0 Å². The van der Waals surface area contributed by atoms with Crippen LogP contribution in [-0.2, 0) is 16.6 Å². The Balaban J connectivity index is 2.70. The summed E-state index contributed by atoms with van der Waals surface area (Å²) in [6.07, 6.45) is 0.905. The molecule has 2 N–H and O–H groups in total. The molecule has 0 bridgehead atoms. The second-order valence-electron chi connectivity index (χ2n) is 3.74. The Hall–Kier alpha value is -0.850. The maximum atomic E-state index is 11.7. The van der Waals surface area contributed by atoms with E-state index in [2.05, 4.69) is 4.72 Å². The predicted octanol–water partition coefficient (Wildman–Crippen LogP) is 1.10. The van der Waals surface area contributed by atoms with Gasteiger partial charge in [0, 0.05) is 6.54 Å². The van der Waals surface area contributed by atoms with Gasteiger partial charge in [-0.3, -0.25) is 0 Å². The lowest BCUT2D eigenvalue weighted by molar-refractivity contribution is 0.236. The number of aliphatic hydroxyl groups is 1. The van der Waals surface area contributed by atoms with E-state index in [-0.39, 0.29) is 23.4 Å². The van der Waals surface area contributed by atoms with Gasteiger partial charge < -0.3 is 9.52 Å². The van der Waals surface area contributed by atoms with Crippen molar-refractivity contribution in [2.24, 2.45) is 5.92 Å². The van der Waals surface area contributed by atoms with Crippen molar-refractivity contribution in [3.05, 3.63) is 17.9 Å². The number of hydrogen-bond acceptors (Lipinski definition) is 4. The van der Waals surface area contributed by atoms with E-state index >= 15 is 0 Å². The zero-order chi connectivity index (χ0) is 12.2. The molecule has 5 nitrogen and oxygen atoms in total. The highest BCUT2D eigenvalue weighted by Crippen LogP contribution is 2.14. The molecule has 0 spiro atoms. The monoisotopic (exact) mass is 247 g/mol. The fourth-order valence-electron chi connectivity index (χ4n) is 1.06. The number of rotatable bonds is 6. The van der Waals surface area contributed by atoms with E-state index < -0.39 is 10.0 Å². The lowest BCUT2D eigenvalue weighted by Gasteiger charge is -2.08. The van der Waals surface area contributed by atoms with Crippen molar-refractivity contribution in [2.45, 2.75) is 32.0 Å². The van der Waals surface area contributed by atoms with Crippen LogP contribution in [0.1, 0.15) is 26.0 Å². The first-order chi connectivity index (χ1) is 7.49. The number of nitrogens with one attached hydrogen (secondary N) is 1. The second kappa shape index (κ2) is 5.47. The van der Waals surface area contributed by atoms with Gasteiger partial charge in [-0.2, -0.15) is 0 Å². The average Bonchev–Trinajstić information content (AvgIpc) is 2.75. The topological polar surface area (TPSA) is 79.5 Å². The average molecular weight is 247 g/mol. The summed E-state index contributed by atoms with van der Waals surface area (Å²) in [5.41, 5.74) is 0. The molecular weight excluding hydrogens is 230 g/mol. The van der Waals surface area contributed by atoms with Gasteiger partial charge in [-0.25, -0.2) is 13.1 Å². The molecule has 1 aromatic rings. The summed E-state index contributed by atoms with van der Waals surface area (Å²) in [6.45, 7) is 4.04. The fourth-order valence-corrected chi connectivity index (χ4v) is 2.17. The van der Waals surface area contributed by atoms with Crippen molar-refractivity contribution in [2.75, 3.05) is 6.54 Å². The predicted molar refractivity (Wildman–Crippen MR) is 59.3 cm³/mol. The van der Waals surface area contributed by atoms with E-state index in [1.165, 1.54) is 12.1 Å². The van der Waals surface area contributed by atoms with Crippen molar-refractivity contribution >= 4 is 10.0 Å². The molecule has 6 heteroatoms. The number of aliphatic hydroxyl groups excluding tert-OH is 1. The van der Waals surface area contributed by atoms with Crippen molar-refractivity contribution < 1.29 is 17.9 Å². The van der Waals surface area contributed by atoms with Crippen molar-refractivity contribution in [1.82, 2.24) is 4.72 Å². The molecule has 16 heavy (non-hydrogen) atoms. The molecule has 0 fully saturated rings. The van der Waals surface area contributed by atoms with Crippen molar-refractivity contribution in [3.63, 3.8) is 0 Å². The first-order valence-corrected chi connectivity index (χ1v) is 6.67. The first-order valence-electron chi connectivity index (χ1n) is 5.18. The van der Waals surface area contributed by atoms with Crippen LogP contribution in [0.3, 0.4) is 0 Å². The lowest BCUT2D eigenvalue weighted by Crippen LogP contribution is -2.27. The van der Waals surface area contributed by atoms with Gasteiger partial charge in [0.2, 0.25) is 5.09 Å². The normalized spacial score (nSPS) is 13.9. The molecule has 92 valence electrons. The third kappa shape index (κ3) is 3.33. The minimum absolute atomic E-state index is 0.153. The summed E-state index contributed by atoms with van der Waals surface area (Å²) in [5.74, 6) is 0.519. The second-order valence-corrected chi connectivity index (χ2v) is 5.44. The Morgan fingerprint density at radius 1 is 1.50 bits per heavy atom. The molecule has 1 unspecified atom stereocenters. The molecular formula is C10H17NO4S. The summed E-state index contributed by atoms with van der Waals surface area (Å²) >= 11 is 0. The Morgan fingerprint density at radius 3 is 2.69 bits per heavy atom. The first kappa shape index (κ1) is 13.2. The van der Waals surface area contributed by atoms with Gasteiger partial charge in [0.15, 0.2) is 0 Å². The third-order valence-corrected chi connectivity index (χ3v) is 3.67. The van der Waals surface area contributed by atoms with Crippen LogP contribution in [0.15, 0.2) is 21.6 Å². The Morgan fingerprint density at radius 2 is 2.19 bits per heavy atom. The van der Waals surface area contributed by atoms with E-state index in [4.69, 9.17) is 9.52 Å². The van der Waals surface area contributed by atoms with Crippen LogP contribution in [-0.4, -0.2) is 20.1 Å². The molecule has 0 saturated heterocycles. The minimum atomic E-state index is -3.58. The van der Waals surface area contributed by atoms with E-state index in [1.807, 2.05) is 13.8 Å². The molecule has 0 aliphatic heterocycles. The quantitative estimate of drug-likeness (QED) is 0.788. The highest BCUT2D eigenvalue weighted by atomic mass is 32.2. The van der Waals surface area contributed by atoms with Crippen LogP contribution < -0.4 is 4.72 Å². The van der Waals surface area contributed by atoms with Gasteiger partial charge in [0.25, 0.3) is 10.0 Å². The highest BCUT2D eigenvalue weighted by Gasteiger charge is 2.18. The smallest absolute Gasteiger partial charge is 0.273 e. The minimum Gasteiger partial charge on any atom is -0.446 e. The lowest BCUT2D eigenvalue weighted by atomic mass is 10.1. The Kier molecular flexibility index (Phi) is 4.52. The third-order valence-electron chi connectivity index (χ3n) is 2.38. The van der Waals surface area contributed by atoms with Gasteiger partial charge in [0.05, 0.1) is 0 Å². The standard InChI is InChI=1S/C10H17NO4S/c1-3-8(2)6-11-16(13,14)10-5-4-9(7-12)15-10/h4-5,8,11-12H,3,6-7H2,1-2H3. The van der Waals surface area contributed by atoms with Gasteiger partial charge >= 0.3 is 0 Å². The maximum Gasteiger partial charge on any atom is 0.273 e. The summed E-state index contributed by atoms with van der Waals surface area (Å²) in [4.78, 5) is 0. The molecule has 0 aliphatic carbocycles. The molecule has 0 aromatic carbocycles. The molecule has 0 saturated carbocycles. The van der Waals surface area contributed by atoms with Gasteiger partial charge in [-0.15, -0.1) is 0 Å². The summed E-state index contributed by atoms with van der Waals surface area (Å²) in [5, 5.41) is 8.61. The molecule has 1 heterocycles. The molecule has 1 rings (SSSR count).